The summed E-state index contributed by atoms with van der Waals surface area (Å²) in [6.07, 6.45) is 0.918. The van der Waals surface area contributed by atoms with Crippen LogP contribution < -0.4 is 14.8 Å². The fourth-order valence-electron chi connectivity index (χ4n) is 2.38. The Kier molecular flexibility index (Phi) is 5.64. The molecule has 1 unspecified atom stereocenters. The number of hydrogen-bond acceptors (Lipinski definition) is 3. The number of rotatable bonds is 7. The van der Waals surface area contributed by atoms with Gasteiger partial charge in [0.05, 0.1) is 13.7 Å². The van der Waals surface area contributed by atoms with Gasteiger partial charge in [-0.15, -0.1) is 0 Å². The SMILES string of the molecule is CCOc1ccc(C(Cc2cccc(OC)c2)NC)cc1. The molecule has 0 aliphatic carbocycles. The van der Waals surface area contributed by atoms with Crippen molar-refractivity contribution in [3.05, 3.63) is 59.7 Å². The van der Waals surface area contributed by atoms with Crippen LogP contribution in [0.2, 0.25) is 0 Å². The third-order valence-corrected chi connectivity index (χ3v) is 3.52. The van der Waals surface area contributed by atoms with Crippen LogP contribution in [0.5, 0.6) is 11.5 Å². The molecule has 1 atom stereocenters. The Bertz CT molecular complexity index is 551. The predicted octanol–water partition coefficient (Wildman–Crippen LogP) is 3.60. The summed E-state index contributed by atoms with van der Waals surface area (Å²) in [5.41, 5.74) is 2.51. The summed E-state index contributed by atoms with van der Waals surface area (Å²) in [5.74, 6) is 1.81. The molecule has 3 heteroatoms. The average molecular weight is 285 g/mol. The zero-order valence-corrected chi connectivity index (χ0v) is 12.9. The van der Waals surface area contributed by atoms with Crippen LogP contribution in [0.1, 0.15) is 24.1 Å². The van der Waals surface area contributed by atoms with E-state index in [1.807, 2.05) is 38.2 Å². The minimum absolute atomic E-state index is 0.271. The molecular weight excluding hydrogens is 262 g/mol. The van der Waals surface area contributed by atoms with Gasteiger partial charge in [-0.1, -0.05) is 24.3 Å². The van der Waals surface area contributed by atoms with E-state index in [-0.39, 0.29) is 6.04 Å². The first-order chi connectivity index (χ1) is 10.3. The van der Waals surface area contributed by atoms with E-state index in [1.54, 1.807) is 7.11 Å². The zero-order chi connectivity index (χ0) is 15.1. The molecule has 2 aromatic rings. The first-order valence-corrected chi connectivity index (χ1v) is 7.29. The van der Waals surface area contributed by atoms with Crippen molar-refractivity contribution in [1.82, 2.24) is 5.32 Å². The molecule has 0 aliphatic heterocycles. The van der Waals surface area contributed by atoms with Crippen molar-refractivity contribution >= 4 is 0 Å². The van der Waals surface area contributed by atoms with Gasteiger partial charge in [0.1, 0.15) is 11.5 Å². The smallest absolute Gasteiger partial charge is 0.119 e. The second kappa shape index (κ2) is 7.70. The van der Waals surface area contributed by atoms with Crippen molar-refractivity contribution in [3.8, 4) is 11.5 Å². The summed E-state index contributed by atoms with van der Waals surface area (Å²) in [5, 5.41) is 3.37. The van der Waals surface area contributed by atoms with Gasteiger partial charge in [0, 0.05) is 6.04 Å². The normalized spacial score (nSPS) is 12.0. The lowest BCUT2D eigenvalue weighted by Crippen LogP contribution is -2.18. The molecule has 0 saturated heterocycles. The van der Waals surface area contributed by atoms with E-state index < -0.39 is 0 Å². The Morgan fingerprint density at radius 1 is 1.05 bits per heavy atom. The van der Waals surface area contributed by atoms with Crippen molar-refractivity contribution in [1.29, 1.82) is 0 Å². The number of likely N-dealkylation sites (N-methyl/N-ethyl adjacent to an activating group) is 1. The predicted molar refractivity (Wildman–Crippen MR) is 86.1 cm³/mol. The molecule has 0 heterocycles. The lowest BCUT2D eigenvalue weighted by atomic mass is 9.99. The minimum atomic E-state index is 0.271. The van der Waals surface area contributed by atoms with Crippen LogP contribution in [0.25, 0.3) is 0 Å². The zero-order valence-electron chi connectivity index (χ0n) is 12.9. The van der Waals surface area contributed by atoms with Crippen LogP contribution in [0.4, 0.5) is 0 Å². The molecule has 0 fully saturated rings. The summed E-state index contributed by atoms with van der Waals surface area (Å²) in [6.45, 7) is 2.69. The number of methoxy groups -OCH3 is 1. The second-order valence-corrected chi connectivity index (χ2v) is 4.90. The molecule has 0 spiro atoms. The van der Waals surface area contributed by atoms with Gasteiger partial charge in [-0.25, -0.2) is 0 Å². The lowest BCUT2D eigenvalue weighted by molar-refractivity contribution is 0.340. The van der Waals surface area contributed by atoms with E-state index in [4.69, 9.17) is 9.47 Å². The Hall–Kier alpha value is -2.00. The van der Waals surface area contributed by atoms with Gasteiger partial charge in [-0.2, -0.15) is 0 Å². The number of hydrogen-bond donors (Lipinski definition) is 1. The van der Waals surface area contributed by atoms with Crippen LogP contribution >= 0.6 is 0 Å². The number of ether oxygens (including phenoxy) is 2. The maximum atomic E-state index is 5.49. The maximum Gasteiger partial charge on any atom is 0.119 e. The van der Waals surface area contributed by atoms with Gasteiger partial charge in [-0.3, -0.25) is 0 Å². The van der Waals surface area contributed by atoms with Gasteiger partial charge in [-0.05, 0) is 55.8 Å². The summed E-state index contributed by atoms with van der Waals surface area (Å²) in [4.78, 5) is 0. The van der Waals surface area contributed by atoms with Crippen molar-refractivity contribution in [2.45, 2.75) is 19.4 Å². The molecule has 112 valence electrons. The van der Waals surface area contributed by atoms with Gasteiger partial charge >= 0.3 is 0 Å². The van der Waals surface area contributed by atoms with Crippen molar-refractivity contribution in [2.24, 2.45) is 0 Å². The molecule has 0 radical (unpaired) electrons. The van der Waals surface area contributed by atoms with E-state index in [2.05, 4.69) is 29.6 Å². The highest BCUT2D eigenvalue weighted by atomic mass is 16.5. The van der Waals surface area contributed by atoms with E-state index in [9.17, 15) is 0 Å². The van der Waals surface area contributed by atoms with E-state index in [0.717, 1.165) is 17.9 Å². The highest BCUT2D eigenvalue weighted by Gasteiger charge is 2.10. The summed E-state index contributed by atoms with van der Waals surface area (Å²) in [6, 6.07) is 16.8. The summed E-state index contributed by atoms with van der Waals surface area (Å²) < 4.78 is 10.8. The summed E-state index contributed by atoms with van der Waals surface area (Å²) in [7, 11) is 3.68. The molecular formula is C18H23NO2. The van der Waals surface area contributed by atoms with Crippen LogP contribution in [-0.4, -0.2) is 20.8 Å². The van der Waals surface area contributed by atoms with Crippen molar-refractivity contribution in [3.63, 3.8) is 0 Å². The van der Waals surface area contributed by atoms with Gasteiger partial charge in [0.2, 0.25) is 0 Å². The average Bonchev–Trinajstić information content (AvgIpc) is 2.54. The van der Waals surface area contributed by atoms with Crippen LogP contribution in [0.15, 0.2) is 48.5 Å². The Labute approximate surface area is 126 Å². The number of benzene rings is 2. The van der Waals surface area contributed by atoms with Crippen LogP contribution in [-0.2, 0) is 6.42 Å². The maximum absolute atomic E-state index is 5.49. The molecule has 1 N–H and O–H groups in total. The Balaban J connectivity index is 2.11. The standard InChI is InChI=1S/C18H23NO2/c1-4-21-16-10-8-15(9-11-16)18(19-2)13-14-6-5-7-17(12-14)20-3/h5-12,18-19H,4,13H2,1-3H3. The van der Waals surface area contributed by atoms with Crippen LogP contribution in [0, 0.1) is 0 Å². The van der Waals surface area contributed by atoms with Crippen molar-refractivity contribution < 1.29 is 9.47 Å². The fourth-order valence-corrected chi connectivity index (χ4v) is 2.38. The second-order valence-electron chi connectivity index (χ2n) is 4.90. The minimum Gasteiger partial charge on any atom is -0.497 e. The molecule has 3 nitrogen and oxygen atoms in total. The number of nitrogens with one attached hydrogen (secondary N) is 1. The molecule has 0 bridgehead atoms. The van der Waals surface area contributed by atoms with E-state index in [1.165, 1.54) is 11.1 Å². The molecule has 0 aromatic heterocycles. The first kappa shape index (κ1) is 15.4. The van der Waals surface area contributed by atoms with Gasteiger partial charge < -0.3 is 14.8 Å². The van der Waals surface area contributed by atoms with Crippen molar-refractivity contribution in [2.75, 3.05) is 20.8 Å². The molecule has 2 aromatic carbocycles. The third kappa shape index (κ3) is 4.23. The summed E-state index contributed by atoms with van der Waals surface area (Å²) >= 11 is 0. The monoisotopic (exact) mass is 285 g/mol. The molecule has 2 rings (SSSR count). The highest BCUT2D eigenvalue weighted by Crippen LogP contribution is 2.23. The highest BCUT2D eigenvalue weighted by molar-refractivity contribution is 5.33. The van der Waals surface area contributed by atoms with E-state index in [0.29, 0.717) is 6.61 Å². The Morgan fingerprint density at radius 2 is 1.81 bits per heavy atom. The van der Waals surface area contributed by atoms with Gasteiger partial charge in [0.15, 0.2) is 0 Å². The van der Waals surface area contributed by atoms with Gasteiger partial charge in [0.25, 0.3) is 0 Å². The quantitative estimate of drug-likeness (QED) is 0.843. The lowest BCUT2D eigenvalue weighted by Gasteiger charge is -2.17. The first-order valence-electron chi connectivity index (χ1n) is 7.29. The molecule has 21 heavy (non-hydrogen) atoms. The molecule has 0 amide bonds. The Morgan fingerprint density at radius 3 is 2.43 bits per heavy atom. The molecule has 0 saturated carbocycles. The largest absolute Gasteiger partial charge is 0.497 e. The fraction of sp³-hybridized carbons (Fsp3) is 0.333. The molecule has 0 aliphatic rings. The third-order valence-electron chi connectivity index (χ3n) is 3.52. The van der Waals surface area contributed by atoms with E-state index >= 15 is 0 Å². The van der Waals surface area contributed by atoms with Crippen LogP contribution in [0.3, 0.4) is 0 Å². The topological polar surface area (TPSA) is 30.5 Å².